The molecule has 202 valence electrons. The van der Waals surface area contributed by atoms with Crippen molar-refractivity contribution in [2.45, 2.75) is 36.9 Å². The average molecular weight is 542 g/mol. The highest BCUT2D eigenvalue weighted by molar-refractivity contribution is 7.87. The van der Waals surface area contributed by atoms with E-state index in [0.717, 1.165) is 11.5 Å². The highest BCUT2D eigenvalue weighted by Gasteiger charge is 2.40. The number of guanidine groups is 1. The third-order valence-electron chi connectivity index (χ3n) is 6.50. The predicted octanol–water partition coefficient (Wildman–Crippen LogP) is -0.189. The summed E-state index contributed by atoms with van der Waals surface area (Å²) >= 11 is 0. The molecule has 38 heavy (non-hydrogen) atoms. The Labute approximate surface area is 221 Å². The van der Waals surface area contributed by atoms with Crippen molar-refractivity contribution < 1.29 is 22.8 Å². The van der Waals surface area contributed by atoms with E-state index in [1.807, 2.05) is 12.1 Å². The predicted molar refractivity (Wildman–Crippen MR) is 141 cm³/mol. The fourth-order valence-electron chi connectivity index (χ4n) is 4.73. The van der Waals surface area contributed by atoms with Crippen LogP contribution >= 0.6 is 0 Å². The minimum absolute atomic E-state index is 0.0210. The fraction of sp³-hybridized carbons (Fsp3) is 0.320. The van der Waals surface area contributed by atoms with E-state index in [0.29, 0.717) is 29.7 Å². The number of nitrogens with one attached hydrogen (secondary N) is 4. The molecule has 1 saturated heterocycles. The maximum Gasteiger partial charge on any atom is 0.275 e. The number of carbonyl (C=O) groups excluding carboxylic acids is 2. The molecule has 0 radical (unpaired) electrons. The lowest BCUT2D eigenvalue weighted by Crippen LogP contribution is -2.57. The van der Waals surface area contributed by atoms with E-state index < -0.39 is 40.2 Å². The molecule has 2 aromatic rings. The molecule has 4 rings (SSSR count). The first-order valence-corrected chi connectivity index (χ1v) is 13.6. The number of rotatable bonds is 10. The van der Waals surface area contributed by atoms with Gasteiger partial charge in [0.2, 0.25) is 11.9 Å². The first kappa shape index (κ1) is 27.3. The van der Waals surface area contributed by atoms with Crippen molar-refractivity contribution >= 4 is 27.9 Å². The third-order valence-corrected chi connectivity index (χ3v) is 7.08. The Kier molecular flexibility index (Phi) is 8.42. The van der Waals surface area contributed by atoms with Crippen LogP contribution in [0.4, 0.5) is 0 Å². The number of nitrogens with zero attached hydrogens (tertiary/aromatic N) is 1. The zero-order valence-corrected chi connectivity index (χ0v) is 21.4. The maximum absolute atomic E-state index is 13.9. The standard InChI is InChI=1S/C25H31N7O5S/c26-25(27)32-14-18(15-37-32)21(23(33)19-12-7-13-29-19)30-24(34)22(31-38(28,35)36)20(16-8-3-1-4-9-16)17-10-5-2-6-11-17/h1-6,8-11,15,19-22,29,31H,7,12-14H2,(H3,26,27)(H,30,34)(H2,28,35,36)/t19-,21?,22+/m0/s1. The Bertz CT molecular complexity index is 1260. The van der Waals surface area contributed by atoms with Crippen molar-refractivity contribution in [3.8, 4) is 0 Å². The van der Waals surface area contributed by atoms with Gasteiger partial charge < -0.3 is 21.2 Å². The van der Waals surface area contributed by atoms with Crippen molar-refractivity contribution in [3.63, 3.8) is 0 Å². The van der Waals surface area contributed by atoms with Crippen LogP contribution in [0.3, 0.4) is 0 Å². The van der Waals surface area contributed by atoms with Crippen LogP contribution in [-0.4, -0.2) is 62.3 Å². The Morgan fingerprint density at radius 2 is 1.68 bits per heavy atom. The normalized spacial score (nSPS) is 18.9. The number of hydrogen-bond acceptors (Lipinski definition) is 7. The number of benzene rings is 2. The molecule has 2 aliphatic rings. The number of hydroxylamine groups is 2. The maximum atomic E-state index is 13.9. The molecular weight excluding hydrogens is 510 g/mol. The van der Waals surface area contributed by atoms with Gasteiger partial charge in [-0.1, -0.05) is 60.7 Å². The van der Waals surface area contributed by atoms with Crippen molar-refractivity contribution in [2.75, 3.05) is 13.1 Å². The van der Waals surface area contributed by atoms with Crippen molar-refractivity contribution in [1.29, 1.82) is 5.41 Å². The van der Waals surface area contributed by atoms with Gasteiger partial charge in [-0.25, -0.2) is 5.14 Å². The molecule has 0 bridgehead atoms. The van der Waals surface area contributed by atoms with Crippen LogP contribution in [0.1, 0.15) is 29.9 Å². The summed E-state index contributed by atoms with van der Waals surface area (Å²) in [6.07, 6.45) is 2.66. The minimum Gasteiger partial charge on any atom is -0.384 e. The minimum atomic E-state index is -4.34. The molecular formula is C25H31N7O5S. The monoisotopic (exact) mass is 541 g/mol. The molecule has 0 aliphatic carbocycles. The molecule has 2 aromatic carbocycles. The zero-order valence-electron chi connectivity index (χ0n) is 20.5. The molecule has 1 fully saturated rings. The van der Waals surface area contributed by atoms with Gasteiger partial charge in [-0.15, -0.1) is 0 Å². The van der Waals surface area contributed by atoms with Crippen LogP contribution in [0.5, 0.6) is 0 Å². The summed E-state index contributed by atoms with van der Waals surface area (Å²) in [5, 5.41) is 19.9. The molecule has 0 spiro atoms. The van der Waals surface area contributed by atoms with Gasteiger partial charge in [0.25, 0.3) is 10.2 Å². The number of Topliss-reactive ketones (excluding diaryl/α,β-unsaturated/α-hetero) is 1. The van der Waals surface area contributed by atoms with Gasteiger partial charge in [0.15, 0.2) is 5.78 Å². The zero-order chi connectivity index (χ0) is 27.3. The summed E-state index contributed by atoms with van der Waals surface area (Å²) in [5.41, 5.74) is 7.23. The van der Waals surface area contributed by atoms with Crippen LogP contribution in [0.15, 0.2) is 72.5 Å². The lowest BCUT2D eigenvalue weighted by atomic mass is 9.84. The van der Waals surface area contributed by atoms with Crippen molar-refractivity contribution in [3.05, 3.63) is 83.6 Å². The van der Waals surface area contributed by atoms with Crippen molar-refractivity contribution in [2.24, 2.45) is 10.9 Å². The average Bonchev–Trinajstić information content (AvgIpc) is 3.60. The highest BCUT2D eigenvalue weighted by atomic mass is 32.2. The quantitative estimate of drug-likeness (QED) is 0.176. The lowest BCUT2D eigenvalue weighted by Gasteiger charge is -2.30. The summed E-state index contributed by atoms with van der Waals surface area (Å²) in [6.45, 7) is 0.638. The Balaban J connectivity index is 1.71. The molecule has 1 amide bonds. The molecule has 13 heteroatoms. The Hall–Kier alpha value is -3.78. The van der Waals surface area contributed by atoms with E-state index in [1.165, 1.54) is 6.26 Å². The van der Waals surface area contributed by atoms with Crippen LogP contribution in [0.25, 0.3) is 0 Å². The van der Waals surface area contributed by atoms with E-state index in [9.17, 15) is 18.0 Å². The van der Waals surface area contributed by atoms with E-state index in [-0.39, 0.29) is 18.3 Å². The summed E-state index contributed by atoms with van der Waals surface area (Å²) in [6, 6.07) is 14.8. The number of amides is 1. The number of nitrogens with two attached hydrogens (primary N) is 2. The summed E-state index contributed by atoms with van der Waals surface area (Å²) in [5.74, 6) is -2.19. The fourth-order valence-corrected chi connectivity index (χ4v) is 5.33. The van der Waals surface area contributed by atoms with Crippen LogP contribution < -0.4 is 26.2 Å². The van der Waals surface area contributed by atoms with E-state index in [4.69, 9.17) is 21.1 Å². The van der Waals surface area contributed by atoms with Gasteiger partial charge >= 0.3 is 0 Å². The van der Waals surface area contributed by atoms with Crippen LogP contribution in [-0.2, 0) is 24.6 Å². The first-order valence-electron chi connectivity index (χ1n) is 12.1. The van der Waals surface area contributed by atoms with Crippen LogP contribution in [0, 0.1) is 5.41 Å². The molecule has 0 aromatic heterocycles. The molecule has 1 unspecified atom stereocenters. The molecule has 2 heterocycles. The number of carbonyl (C=O) groups is 2. The van der Waals surface area contributed by atoms with Crippen molar-refractivity contribution in [1.82, 2.24) is 20.4 Å². The number of ketones is 1. The van der Waals surface area contributed by atoms with E-state index in [1.54, 1.807) is 48.5 Å². The summed E-state index contributed by atoms with van der Waals surface area (Å²) in [4.78, 5) is 32.7. The second-order valence-electron chi connectivity index (χ2n) is 9.15. The molecule has 3 atom stereocenters. The second-order valence-corrected chi connectivity index (χ2v) is 10.5. The second kappa shape index (κ2) is 11.7. The van der Waals surface area contributed by atoms with Gasteiger partial charge in [-0.3, -0.25) is 15.0 Å². The van der Waals surface area contributed by atoms with Gasteiger partial charge in [-0.2, -0.15) is 18.2 Å². The lowest BCUT2D eigenvalue weighted by molar-refractivity contribution is -0.129. The van der Waals surface area contributed by atoms with Gasteiger partial charge in [0.05, 0.1) is 12.6 Å². The Morgan fingerprint density at radius 1 is 1.08 bits per heavy atom. The molecule has 2 aliphatic heterocycles. The SMILES string of the molecule is N=C(N)N1CC(C(NC(=O)[C@H](NS(N)(=O)=O)C(c2ccccc2)c2ccccc2)C(=O)[C@@H]2CCCN2)=CO1. The molecule has 12 nitrogen and oxygen atoms in total. The van der Waals surface area contributed by atoms with E-state index >= 15 is 0 Å². The molecule has 8 N–H and O–H groups in total. The third kappa shape index (κ3) is 6.55. The Morgan fingerprint density at radius 3 is 2.16 bits per heavy atom. The van der Waals surface area contributed by atoms with Crippen LogP contribution in [0.2, 0.25) is 0 Å². The summed E-state index contributed by atoms with van der Waals surface area (Å²) < 4.78 is 26.8. The van der Waals surface area contributed by atoms with Gasteiger partial charge in [-0.05, 0) is 30.5 Å². The smallest absolute Gasteiger partial charge is 0.275 e. The summed E-state index contributed by atoms with van der Waals surface area (Å²) in [7, 11) is -4.34. The highest BCUT2D eigenvalue weighted by Crippen LogP contribution is 2.29. The molecule has 0 saturated carbocycles. The van der Waals surface area contributed by atoms with E-state index in [2.05, 4.69) is 15.4 Å². The topological polar surface area (TPSA) is 193 Å². The first-order chi connectivity index (χ1) is 18.1. The largest absolute Gasteiger partial charge is 0.384 e. The number of hydrogen-bond donors (Lipinski definition) is 6. The van der Waals surface area contributed by atoms with Gasteiger partial charge in [0.1, 0.15) is 18.3 Å². The van der Waals surface area contributed by atoms with Gasteiger partial charge in [0, 0.05) is 11.5 Å².